The Kier molecular flexibility index (Phi) is 4.28. The fourth-order valence-corrected chi connectivity index (χ4v) is 1.89. The zero-order valence-electron chi connectivity index (χ0n) is 10.3. The molecule has 1 aromatic rings. The summed E-state index contributed by atoms with van der Waals surface area (Å²) in [7, 11) is 0. The zero-order valence-corrected chi connectivity index (χ0v) is 10.3. The van der Waals surface area contributed by atoms with Crippen LogP contribution in [0.2, 0.25) is 0 Å². The molecule has 5 heteroatoms. The summed E-state index contributed by atoms with van der Waals surface area (Å²) in [6.07, 6.45) is 5.11. The van der Waals surface area contributed by atoms with Crippen LogP contribution < -0.4 is 5.32 Å². The van der Waals surface area contributed by atoms with Crippen molar-refractivity contribution >= 4 is 5.91 Å². The van der Waals surface area contributed by atoms with Crippen LogP contribution in [0.1, 0.15) is 18.4 Å². The SMILES string of the molecule is O=C(CCc1cccnc1)NCC1(O)CCOC1. The van der Waals surface area contributed by atoms with Crippen LogP contribution in [0.4, 0.5) is 0 Å². The molecular weight excluding hydrogens is 232 g/mol. The molecule has 1 fully saturated rings. The van der Waals surface area contributed by atoms with Crippen LogP contribution in [0.15, 0.2) is 24.5 Å². The highest BCUT2D eigenvalue weighted by molar-refractivity contribution is 5.76. The Hall–Kier alpha value is -1.46. The molecule has 2 heterocycles. The van der Waals surface area contributed by atoms with Gasteiger partial charge in [-0.25, -0.2) is 0 Å². The van der Waals surface area contributed by atoms with Crippen LogP contribution in [0.3, 0.4) is 0 Å². The summed E-state index contributed by atoms with van der Waals surface area (Å²) in [5.74, 6) is -0.0563. The van der Waals surface area contributed by atoms with E-state index in [1.54, 1.807) is 12.4 Å². The van der Waals surface area contributed by atoms with Crippen molar-refractivity contribution in [1.82, 2.24) is 10.3 Å². The molecule has 0 spiro atoms. The number of aliphatic hydroxyl groups is 1. The van der Waals surface area contributed by atoms with Gasteiger partial charge in [0.05, 0.1) is 6.61 Å². The average Bonchev–Trinajstić information content (AvgIpc) is 2.83. The molecule has 0 saturated carbocycles. The van der Waals surface area contributed by atoms with Crippen molar-refractivity contribution in [2.24, 2.45) is 0 Å². The molecule has 2 rings (SSSR count). The maximum absolute atomic E-state index is 11.6. The highest BCUT2D eigenvalue weighted by Crippen LogP contribution is 2.16. The van der Waals surface area contributed by atoms with Gasteiger partial charge in [0.15, 0.2) is 0 Å². The lowest BCUT2D eigenvalue weighted by Crippen LogP contribution is -2.43. The molecule has 2 N–H and O–H groups in total. The van der Waals surface area contributed by atoms with Crippen LogP contribution in [-0.2, 0) is 16.0 Å². The second-order valence-corrected chi connectivity index (χ2v) is 4.66. The second kappa shape index (κ2) is 5.93. The summed E-state index contributed by atoms with van der Waals surface area (Å²) in [6.45, 7) is 1.12. The highest BCUT2D eigenvalue weighted by Gasteiger charge is 2.32. The van der Waals surface area contributed by atoms with E-state index in [9.17, 15) is 9.90 Å². The molecule has 98 valence electrons. The second-order valence-electron chi connectivity index (χ2n) is 4.66. The van der Waals surface area contributed by atoms with Crippen LogP contribution in [0, 0.1) is 0 Å². The van der Waals surface area contributed by atoms with Gasteiger partial charge in [0.2, 0.25) is 5.91 Å². The first-order valence-corrected chi connectivity index (χ1v) is 6.14. The number of nitrogens with one attached hydrogen (secondary N) is 1. The number of aromatic nitrogens is 1. The fourth-order valence-electron chi connectivity index (χ4n) is 1.89. The Balaban J connectivity index is 1.69. The Morgan fingerprint density at radius 1 is 1.61 bits per heavy atom. The van der Waals surface area contributed by atoms with Crippen molar-refractivity contribution in [3.05, 3.63) is 30.1 Å². The predicted octanol–water partition coefficient (Wildman–Crippen LogP) is 0.282. The van der Waals surface area contributed by atoms with Gasteiger partial charge in [-0.15, -0.1) is 0 Å². The zero-order chi connectivity index (χ0) is 12.8. The van der Waals surface area contributed by atoms with Gasteiger partial charge in [0.1, 0.15) is 5.60 Å². The smallest absolute Gasteiger partial charge is 0.220 e. The molecule has 1 saturated heterocycles. The van der Waals surface area contributed by atoms with E-state index < -0.39 is 5.60 Å². The van der Waals surface area contributed by atoms with Crippen LogP contribution in [-0.4, -0.2) is 41.4 Å². The van der Waals surface area contributed by atoms with Crippen molar-refractivity contribution < 1.29 is 14.6 Å². The third-order valence-electron chi connectivity index (χ3n) is 3.06. The molecule has 18 heavy (non-hydrogen) atoms. The maximum Gasteiger partial charge on any atom is 0.220 e. The van der Waals surface area contributed by atoms with Gasteiger partial charge in [-0.3, -0.25) is 9.78 Å². The third-order valence-corrected chi connectivity index (χ3v) is 3.06. The summed E-state index contributed by atoms with van der Waals surface area (Å²) in [5, 5.41) is 12.7. The lowest BCUT2D eigenvalue weighted by atomic mass is 10.0. The van der Waals surface area contributed by atoms with E-state index in [-0.39, 0.29) is 12.5 Å². The van der Waals surface area contributed by atoms with Gasteiger partial charge in [-0.1, -0.05) is 6.07 Å². The Bertz CT molecular complexity index is 388. The Morgan fingerprint density at radius 3 is 3.17 bits per heavy atom. The van der Waals surface area contributed by atoms with E-state index in [1.807, 2.05) is 12.1 Å². The van der Waals surface area contributed by atoms with Gasteiger partial charge < -0.3 is 15.2 Å². The topological polar surface area (TPSA) is 71.5 Å². The summed E-state index contributed by atoms with van der Waals surface area (Å²) < 4.78 is 5.11. The lowest BCUT2D eigenvalue weighted by molar-refractivity contribution is -0.122. The summed E-state index contributed by atoms with van der Waals surface area (Å²) in [6, 6.07) is 3.80. The molecule has 0 aliphatic carbocycles. The molecule has 1 unspecified atom stereocenters. The van der Waals surface area contributed by atoms with E-state index in [0.29, 0.717) is 32.5 Å². The molecule has 0 radical (unpaired) electrons. The number of nitrogens with zero attached hydrogens (tertiary/aromatic N) is 1. The molecule has 1 aliphatic heterocycles. The van der Waals surface area contributed by atoms with Crippen LogP contribution in [0.5, 0.6) is 0 Å². The number of hydrogen-bond acceptors (Lipinski definition) is 4. The monoisotopic (exact) mass is 250 g/mol. The van der Waals surface area contributed by atoms with E-state index in [4.69, 9.17) is 4.74 Å². The van der Waals surface area contributed by atoms with Gasteiger partial charge in [-0.05, 0) is 18.1 Å². The molecule has 1 amide bonds. The lowest BCUT2D eigenvalue weighted by Gasteiger charge is -2.20. The number of aryl methyl sites for hydroxylation is 1. The summed E-state index contributed by atoms with van der Waals surface area (Å²) >= 11 is 0. The van der Waals surface area contributed by atoms with Gasteiger partial charge in [-0.2, -0.15) is 0 Å². The summed E-state index contributed by atoms with van der Waals surface area (Å²) in [5.41, 5.74) is 0.153. The minimum atomic E-state index is -0.885. The number of carbonyl (C=O) groups excluding carboxylic acids is 1. The molecule has 0 aromatic carbocycles. The molecule has 5 nitrogen and oxygen atoms in total. The Morgan fingerprint density at radius 2 is 2.50 bits per heavy atom. The minimum Gasteiger partial charge on any atom is -0.386 e. The van der Waals surface area contributed by atoms with Crippen LogP contribution in [0.25, 0.3) is 0 Å². The highest BCUT2D eigenvalue weighted by atomic mass is 16.5. The van der Waals surface area contributed by atoms with Crippen LogP contribution >= 0.6 is 0 Å². The largest absolute Gasteiger partial charge is 0.386 e. The molecule has 1 aliphatic rings. The van der Waals surface area contributed by atoms with E-state index in [2.05, 4.69) is 10.3 Å². The van der Waals surface area contributed by atoms with Gasteiger partial charge in [0.25, 0.3) is 0 Å². The number of amides is 1. The first kappa shape index (κ1) is 13.0. The predicted molar refractivity (Wildman–Crippen MR) is 66.0 cm³/mol. The van der Waals surface area contributed by atoms with Crippen molar-refractivity contribution in [3.8, 4) is 0 Å². The molecule has 1 aromatic heterocycles. The van der Waals surface area contributed by atoms with Gasteiger partial charge in [0, 0.05) is 38.4 Å². The number of pyridine rings is 1. The average molecular weight is 250 g/mol. The van der Waals surface area contributed by atoms with E-state index in [0.717, 1.165) is 5.56 Å². The normalized spacial score (nSPS) is 22.9. The minimum absolute atomic E-state index is 0.0563. The fraction of sp³-hybridized carbons (Fsp3) is 0.538. The number of ether oxygens (including phenoxy) is 1. The van der Waals surface area contributed by atoms with Crippen molar-refractivity contribution in [1.29, 1.82) is 0 Å². The Labute approximate surface area is 106 Å². The van der Waals surface area contributed by atoms with Crippen molar-refractivity contribution in [3.63, 3.8) is 0 Å². The first-order valence-electron chi connectivity index (χ1n) is 6.14. The number of hydrogen-bond donors (Lipinski definition) is 2. The molecule has 0 bridgehead atoms. The first-order chi connectivity index (χ1) is 8.68. The quantitative estimate of drug-likeness (QED) is 0.787. The van der Waals surface area contributed by atoms with Crippen molar-refractivity contribution in [2.45, 2.75) is 24.9 Å². The maximum atomic E-state index is 11.6. The number of carbonyl (C=O) groups is 1. The third kappa shape index (κ3) is 3.78. The van der Waals surface area contributed by atoms with E-state index in [1.165, 1.54) is 0 Å². The van der Waals surface area contributed by atoms with E-state index >= 15 is 0 Å². The molecule has 1 atom stereocenters. The van der Waals surface area contributed by atoms with Crippen molar-refractivity contribution in [2.75, 3.05) is 19.8 Å². The molecular formula is C13H18N2O3. The summed E-state index contributed by atoms with van der Waals surface area (Å²) in [4.78, 5) is 15.6. The van der Waals surface area contributed by atoms with Gasteiger partial charge >= 0.3 is 0 Å². The standard InChI is InChI=1S/C13H18N2O3/c16-12(4-3-11-2-1-6-14-8-11)15-9-13(17)5-7-18-10-13/h1-2,6,8,17H,3-5,7,9-10H2,(H,15,16). The number of rotatable bonds is 5.